The normalized spacial score (nSPS) is 54.5. The smallest absolute Gasteiger partial charge is 0.314 e. The molecule has 448 valence electrons. The molecule has 0 radical (unpaired) electrons. The molecule has 0 aromatic rings. The molecule has 5 aliphatic carbocycles. The quantitative estimate of drug-likeness (QED) is 0.0412. The van der Waals surface area contributed by atoms with Crippen LogP contribution >= 0.6 is 0 Å². The van der Waals surface area contributed by atoms with Gasteiger partial charge < -0.3 is 129 Å². The highest BCUT2D eigenvalue weighted by Crippen LogP contribution is 2.74. The SMILES string of the molecule is C=C1C[C@@]23CCC4[C@](C)(C(=O)OC5OC(CO)C(O)C(O)C5OC5OC(CO)C(O)C(O)C5O)CCC[C@@]4(C)[C@@H]2CCC1(OC1OC(CO)C(O)C(OC2OC(CO)C(O)C(O)C2O)C1OC1CC(CO)C(O)C(O)C1O)C3. The summed E-state index contributed by atoms with van der Waals surface area (Å²) in [5.41, 5.74) is -2.69. The highest BCUT2D eigenvalue weighted by atomic mass is 16.8. The number of fused-ring (bicyclic) bond motifs is 3. The summed E-state index contributed by atoms with van der Waals surface area (Å²) < 4.78 is 55.0. The molecule has 4 aliphatic heterocycles. The van der Waals surface area contributed by atoms with Crippen molar-refractivity contribution in [1.82, 2.24) is 0 Å². The fourth-order valence-corrected chi connectivity index (χ4v) is 15.4. The van der Waals surface area contributed by atoms with Crippen molar-refractivity contribution in [3.63, 3.8) is 0 Å². The van der Waals surface area contributed by atoms with Gasteiger partial charge in [-0.2, -0.15) is 0 Å². The minimum Gasteiger partial charge on any atom is -0.432 e. The Bertz CT molecular complexity index is 2070. The third kappa shape index (κ3) is 10.3. The summed E-state index contributed by atoms with van der Waals surface area (Å²) in [5.74, 6) is -2.08. The minimum atomic E-state index is -1.96. The van der Waals surface area contributed by atoms with E-state index in [1.807, 2.05) is 0 Å². The number of carbonyl (C=O) groups excluding carboxylic acids is 1. The monoisotopic (exact) mass is 1130 g/mol. The average Bonchev–Trinajstić information content (AvgIpc) is 3.61. The number of rotatable bonds is 15. The molecule has 0 aromatic heterocycles. The Morgan fingerprint density at radius 3 is 1.62 bits per heavy atom. The van der Waals surface area contributed by atoms with Crippen molar-refractivity contribution in [1.29, 1.82) is 0 Å². The van der Waals surface area contributed by atoms with Crippen LogP contribution in [0.15, 0.2) is 12.2 Å². The lowest BCUT2D eigenvalue weighted by molar-refractivity contribution is -0.381. The van der Waals surface area contributed by atoms with Gasteiger partial charge in [-0.05, 0) is 93.0 Å². The Kier molecular flexibility index (Phi) is 18.2. The van der Waals surface area contributed by atoms with E-state index in [2.05, 4.69) is 13.5 Å². The number of hydrogen-bond donors (Lipinski definition) is 17. The number of hydrogen-bond acceptors (Lipinski definition) is 27. The van der Waals surface area contributed by atoms with Crippen LogP contribution < -0.4 is 0 Å². The van der Waals surface area contributed by atoms with Gasteiger partial charge in [-0.25, -0.2) is 0 Å². The lowest BCUT2D eigenvalue weighted by atomic mass is 9.41. The second kappa shape index (κ2) is 23.3. The summed E-state index contributed by atoms with van der Waals surface area (Å²) >= 11 is 0. The number of aliphatic hydroxyl groups excluding tert-OH is 17. The van der Waals surface area contributed by atoms with E-state index in [1.54, 1.807) is 6.92 Å². The summed E-state index contributed by atoms with van der Waals surface area (Å²) in [6, 6.07) is 0. The molecule has 27 nitrogen and oxygen atoms in total. The van der Waals surface area contributed by atoms with E-state index < -0.39 is 214 Å². The molecule has 27 unspecified atom stereocenters. The lowest BCUT2D eigenvalue weighted by Crippen LogP contribution is -2.67. The van der Waals surface area contributed by atoms with Crippen LogP contribution in [0.3, 0.4) is 0 Å². The van der Waals surface area contributed by atoms with E-state index in [0.717, 1.165) is 0 Å². The van der Waals surface area contributed by atoms with Crippen molar-refractivity contribution >= 4 is 5.97 Å². The predicted molar refractivity (Wildman–Crippen MR) is 255 cm³/mol. The minimum absolute atomic E-state index is 0.0505. The number of ether oxygens (including phenoxy) is 9. The molecule has 0 aromatic carbocycles. The summed E-state index contributed by atoms with van der Waals surface area (Å²) in [4.78, 5) is 14.9. The van der Waals surface area contributed by atoms with E-state index in [0.29, 0.717) is 63.4 Å². The molecule has 4 saturated heterocycles. The van der Waals surface area contributed by atoms with E-state index >= 15 is 0 Å². The highest BCUT2D eigenvalue weighted by molar-refractivity contribution is 5.77. The molecular weight excluding hydrogens is 1040 g/mol. The molecule has 2 bridgehead atoms. The van der Waals surface area contributed by atoms with Gasteiger partial charge in [-0.1, -0.05) is 19.9 Å². The molecule has 27 heteroatoms. The average molecular weight is 1130 g/mol. The molecule has 17 N–H and O–H groups in total. The summed E-state index contributed by atoms with van der Waals surface area (Å²) in [5, 5.41) is 181. The van der Waals surface area contributed by atoms with Crippen LogP contribution in [0.2, 0.25) is 0 Å². The first-order valence-corrected chi connectivity index (χ1v) is 27.2. The molecule has 0 amide bonds. The van der Waals surface area contributed by atoms with Crippen LogP contribution in [-0.4, -0.2) is 279 Å². The van der Waals surface area contributed by atoms with Crippen molar-refractivity contribution in [2.75, 3.05) is 33.0 Å². The molecule has 1 spiro atoms. The second-order valence-electron chi connectivity index (χ2n) is 24.1. The van der Waals surface area contributed by atoms with Gasteiger partial charge in [-0.3, -0.25) is 4.79 Å². The van der Waals surface area contributed by atoms with Crippen LogP contribution in [0.5, 0.6) is 0 Å². The number of aliphatic hydroxyl groups is 17. The molecular formula is C51H82O27. The maximum absolute atomic E-state index is 14.9. The van der Waals surface area contributed by atoms with Crippen LogP contribution in [-0.2, 0) is 47.4 Å². The van der Waals surface area contributed by atoms with Gasteiger partial charge in [-0.15, -0.1) is 0 Å². The zero-order chi connectivity index (χ0) is 56.7. The first-order valence-electron chi connectivity index (χ1n) is 27.2. The maximum Gasteiger partial charge on any atom is 0.314 e. The summed E-state index contributed by atoms with van der Waals surface area (Å²) in [7, 11) is 0. The first-order chi connectivity index (χ1) is 36.9. The second-order valence-corrected chi connectivity index (χ2v) is 24.1. The Balaban J connectivity index is 0.968. The fraction of sp³-hybridized carbons (Fsp3) is 0.941. The third-order valence-corrected chi connectivity index (χ3v) is 19.7. The third-order valence-electron chi connectivity index (χ3n) is 19.7. The maximum atomic E-state index is 14.9. The molecule has 31 atom stereocenters. The van der Waals surface area contributed by atoms with Gasteiger partial charge in [0.2, 0.25) is 6.29 Å². The first kappa shape index (κ1) is 60.8. The summed E-state index contributed by atoms with van der Waals surface area (Å²) in [6.07, 6.45) is -36.8. The van der Waals surface area contributed by atoms with Gasteiger partial charge in [0.15, 0.2) is 25.0 Å². The molecule has 5 saturated carbocycles. The van der Waals surface area contributed by atoms with Gasteiger partial charge in [0.05, 0.1) is 49.7 Å². The van der Waals surface area contributed by atoms with E-state index in [1.165, 1.54) is 0 Å². The van der Waals surface area contributed by atoms with Crippen molar-refractivity contribution in [2.45, 2.75) is 231 Å². The number of carbonyl (C=O) groups is 1. The Hall–Kier alpha value is -1.79. The Morgan fingerprint density at radius 1 is 0.526 bits per heavy atom. The fourth-order valence-electron chi connectivity index (χ4n) is 15.4. The van der Waals surface area contributed by atoms with E-state index in [-0.39, 0.29) is 18.3 Å². The number of esters is 1. The molecule has 9 rings (SSSR count). The topological polar surface area (TPSA) is 444 Å². The molecule has 78 heavy (non-hydrogen) atoms. The zero-order valence-corrected chi connectivity index (χ0v) is 43.6. The van der Waals surface area contributed by atoms with Crippen molar-refractivity contribution < 1.29 is 134 Å². The van der Waals surface area contributed by atoms with Crippen molar-refractivity contribution in [3.8, 4) is 0 Å². The largest absolute Gasteiger partial charge is 0.432 e. The molecule has 4 heterocycles. The van der Waals surface area contributed by atoms with E-state index in [4.69, 9.17) is 42.6 Å². The Morgan fingerprint density at radius 2 is 1.04 bits per heavy atom. The van der Waals surface area contributed by atoms with Gasteiger partial charge >= 0.3 is 5.97 Å². The van der Waals surface area contributed by atoms with Gasteiger partial charge in [0.25, 0.3) is 0 Å². The predicted octanol–water partition coefficient (Wildman–Crippen LogP) is -6.63. The van der Waals surface area contributed by atoms with Crippen molar-refractivity contribution in [3.05, 3.63) is 12.2 Å². The Labute approximate surface area is 449 Å². The van der Waals surface area contributed by atoms with Gasteiger partial charge in [0.1, 0.15) is 104 Å². The highest BCUT2D eigenvalue weighted by Gasteiger charge is 2.70. The van der Waals surface area contributed by atoms with Crippen LogP contribution in [0.4, 0.5) is 0 Å². The van der Waals surface area contributed by atoms with Gasteiger partial charge in [0, 0.05) is 12.5 Å². The molecule has 9 fully saturated rings. The van der Waals surface area contributed by atoms with Crippen LogP contribution in [0.1, 0.15) is 78.1 Å². The van der Waals surface area contributed by atoms with Crippen molar-refractivity contribution in [2.24, 2.45) is 34.0 Å². The van der Waals surface area contributed by atoms with Crippen LogP contribution in [0.25, 0.3) is 0 Å². The molecule has 9 aliphatic rings. The summed E-state index contributed by atoms with van der Waals surface area (Å²) in [6.45, 7) is 4.65. The standard InChI is InChI=1S/C51H82O27/c1-19-12-50-9-5-26-48(2,7-4-8-49(26,3)47(69)77-45-41(37(66)32(61)24(16-55)73-45)76-44-39(68)36(65)31(60)23(15-54)72-44)27(50)6-10-51(19,18-50)78-46-42(70-21-11-20(13-52)28(57)34(63)29(21)58)40(33(62)25(17-56)74-46)75-43-38(67)35(64)30(59)22(14-53)71-43/h20-46,52-68H,1,4-18H2,2-3H3/t20?,21?,22?,23?,24?,25?,26?,27-,28?,29?,30?,31?,32?,33?,34?,35?,36?,37?,38?,39?,40?,41?,42?,43?,44?,45?,46?,48+,49+,50+,51?/m0/s1. The lowest BCUT2D eigenvalue weighted by Gasteiger charge is -2.64. The zero-order valence-electron chi connectivity index (χ0n) is 43.6. The van der Waals surface area contributed by atoms with Crippen LogP contribution in [0, 0.1) is 34.0 Å². The van der Waals surface area contributed by atoms with E-state index in [9.17, 15) is 91.6 Å².